The van der Waals surface area contributed by atoms with Gasteiger partial charge in [-0.3, -0.25) is 9.59 Å². The minimum atomic E-state index is -1.12. The van der Waals surface area contributed by atoms with Crippen LogP contribution in [0.3, 0.4) is 0 Å². The van der Waals surface area contributed by atoms with Crippen molar-refractivity contribution in [3.63, 3.8) is 0 Å². The fraction of sp³-hybridized carbons (Fsp3) is 0.385. The molecule has 1 rings (SSSR count). The number of aliphatic carboxylic acids is 1. The van der Waals surface area contributed by atoms with E-state index in [0.29, 0.717) is 0 Å². The van der Waals surface area contributed by atoms with Gasteiger partial charge in [0.05, 0.1) is 0 Å². The Morgan fingerprint density at radius 2 is 1.89 bits per heavy atom. The van der Waals surface area contributed by atoms with Crippen LogP contribution in [-0.2, 0) is 16.1 Å². The predicted octanol–water partition coefficient (Wildman–Crippen LogP) is 1.89. The van der Waals surface area contributed by atoms with E-state index in [1.165, 1.54) is 24.1 Å². The molecule has 1 aromatic rings. The van der Waals surface area contributed by atoms with Crippen LogP contribution in [0.5, 0.6) is 0 Å². The average Bonchev–Trinajstić information content (AvgIpc) is 2.32. The summed E-state index contributed by atoms with van der Waals surface area (Å²) >= 11 is 0. The minimum Gasteiger partial charge on any atom is -0.481 e. The van der Waals surface area contributed by atoms with Crippen molar-refractivity contribution in [2.75, 3.05) is 7.05 Å². The SMILES string of the molecule is CCC(C(=O)O)C(=O)N(C)Cc1ccc(F)cc1. The Morgan fingerprint density at radius 3 is 2.33 bits per heavy atom. The van der Waals surface area contributed by atoms with E-state index < -0.39 is 17.8 Å². The van der Waals surface area contributed by atoms with Gasteiger partial charge in [-0.05, 0) is 24.1 Å². The zero-order valence-corrected chi connectivity index (χ0v) is 10.4. The molecule has 0 aliphatic rings. The summed E-state index contributed by atoms with van der Waals surface area (Å²) in [6.45, 7) is 1.92. The molecule has 0 aliphatic carbocycles. The summed E-state index contributed by atoms with van der Waals surface area (Å²) in [6, 6.07) is 5.76. The summed E-state index contributed by atoms with van der Waals surface area (Å²) in [5.41, 5.74) is 0.757. The normalized spacial score (nSPS) is 11.9. The smallest absolute Gasteiger partial charge is 0.316 e. The van der Waals surface area contributed by atoms with Crippen LogP contribution in [0, 0.1) is 11.7 Å². The fourth-order valence-electron chi connectivity index (χ4n) is 1.66. The van der Waals surface area contributed by atoms with Gasteiger partial charge in [0.25, 0.3) is 0 Å². The molecule has 1 atom stereocenters. The van der Waals surface area contributed by atoms with Crippen molar-refractivity contribution in [1.82, 2.24) is 4.90 Å². The Balaban J connectivity index is 2.70. The van der Waals surface area contributed by atoms with Crippen molar-refractivity contribution >= 4 is 11.9 Å². The van der Waals surface area contributed by atoms with Crippen LogP contribution in [0.4, 0.5) is 4.39 Å². The highest BCUT2D eigenvalue weighted by Gasteiger charge is 2.26. The van der Waals surface area contributed by atoms with E-state index in [1.54, 1.807) is 19.1 Å². The molecule has 18 heavy (non-hydrogen) atoms. The van der Waals surface area contributed by atoms with E-state index in [0.717, 1.165) is 5.56 Å². The second-order valence-corrected chi connectivity index (χ2v) is 4.12. The number of nitrogens with zero attached hydrogens (tertiary/aromatic N) is 1. The lowest BCUT2D eigenvalue weighted by Gasteiger charge is -2.20. The third-order valence-corrected chi connectivity index (χ3v) is 2.71. The lowest BCUT2D eigenvalue weighted by Crippen LogP contribution is -2.36. The zero-order valence-electron chi connectivity index (χ0n) is 10.4. The molecule has 0 spiro atoms. The van der Waals surface area contributed by atoms with Gasteiger partial charge in [-0.1, -0.05) is 19.1 Å². The van der Waals surface area contributed by atoms with Crippen LogP contribution >= 0.6 is 0 Å². The first kappa shape index (κ1) is 14.2. The largest absolute Gasteiger partial charge is 0.481 e. The summed E-state index contributed by atoms with van der Waals surface area (Å²) < 4.78 is 12.7. The van der Waals surface area contributed by atoms with Gasteiger partial charge in [0.1, 0.15) is 11.7 Å². The molecule has 4 nitrogen and oxygen atoms in total. The van der Waals surface area contributed by atoms with Crippen molar-refractivity contribution in [2.45, 2.75) is 19.9 Å². The predicted molar refractivity (Wildman–Crippen MR) is 64.3 cm³/mol. The van der Waals surface area contributed by atoms with Crippen LogP contribution in [-0.4, -0.2) is 28.9 Å². The molecule has 0 saturated carbocycles. The van der Waals surface area contributed by atoms with Gasteiger partial charge >= 0.3 is 5.97 Å². The standard InChI is InChI=1S/C13H16FNO3/c1-3-11(13(17)18)12(16)15(2)8-9-4-6-10(14)7-5-9/h4-7,11H,3,8H2,1-2H3,(H,17,18). The topological polar surface area (TPSA) is 57.6 Å². The van der Waals surface area contributed by atoms with Gasteiger partial charge < -0.3 is 10.0 Å². The van der Waals surface area contributed by atoms with Crippen LogP contribution in [0.25, 0.3) is 0 Å². The summed E-state index contributed by atoms with van der Waals surface area (Å²) in [5.74, 6) is -2.91. The number of carboxylic acids is 1. The Labute approximate surface area is 105 Å². The first-order chi connectivity index (χ1) is 8.45. The van der Waals surface area contributed by atoms with Crippen molar-refractivity contribution < 1.29 is 19.1 Å². The molecular weight excluding hydrogens is 237 g/mol. The lowest BCUT2D eigenvalue weighted by molar-refractivity contribution is -0.150. The van der Waals surface area contributed by atoms with Gasteiger partial charge in [-0.2, -0.15) is 0 Å². The van der Waals surface area contributed by atoms with E-state index in [2.05, 4.69) is 0 Å². The summed E-state index contributed by atoms with van der Waals surface area (Å²) in [6.07, 6.45) is 0.252. The van der Waals surface area contributed by atoms with Crippen molar-refractivity contribution in [1.29, 1.82) is 0 Å². The third kappa shape index (κ3) is 3.55. The number of amides is 1. The molecule has 1 unspecified atom stereocenters. The van der Waals surface area contributed by atoms with E-state index in [9.17, 15) is 14.0 Å². The maximum absolute atomic E-state index is 12.7. The van der Waals surface area contributed by atoms with Gasteiger partial charge in [-0.25, -0.2) is 4.39 Å². The molecule has 0 heterocycles. The average molecular weight is 253 g/mol. The number of halogens is 1. The Hall–Kier alpha value is -1.91. The molecule has 0 aliphatic heterocycles. The maximum atomic E-state index is 12.7. The summed E-state index contributed by atoms with van der Waals surface area (Å²) in [5, 5.41) is 8.90. The number of hydrogen-bond acceptors (Lipinski definition) is 2. The maximum Gasteiger partial charge on any atom is 0.316 e. The molecule has 0 saturated heterocycles. The van der Waals surface area contributed by atoms with Crippen LogP contribution in [0.2, 0.25) is 0 Å². The summed E-state index contributed by atoms with van der Waals surface area (Å²) in [7, 11) is 1.54. The number of benzene rings is 1. The molecule has 1 amide bonds. The number of carbonyl (C=O) groups is 2. The highest BCUT2D eigenvalue weighted by atomic mass is 19.1. The van der Waals surface area contributed by atoms with E-state index in [-0.39, 0.29) is 18.8 Å². The molecule has 5 heteroatoms. The number of rotatable bonds is 5. The van der Waals surface area contributed by atoms with Gasteiger partial charge in [-0.15, -0.1) is 0 Å². The third-order valence-electron chi connectivity index (χ3n) is 2.71. The second kappa shape index (κ2) is 6.14. The van der Waals surface area contributed by atoms with Crippen LogP contribution in [0.15, 0.2) is 24.3 Å². The molecule has 98 valence electrons. The Kier molecular flexibility index (Phi) is 4.83. The monoisotopic (exact) mass is 253 g/mol. The van der Waals surface area contributed by atoms with Crippen molar-refractivity contribution in [3.05, 3.63) is 35.6 Å². The highest BCUT2D eigenvalue weighted by Crippen LogP contribution is 2.11. The van der Waals surface area contributed by atoms with Gasteiger partial charge in [0.2, 0.25) is 5.91 Å². The fourth-order valence-corrected chi connectivity index (χ4v) is 1.66. The molecular formula is C13H16FNO3. The van der Waals surface area contributed by atoms with E-state index in [1.807, 2.05) is 0 Å². The molecule has 0 aromatic heterocycles. The van der Waals surface area contributed by atoms with Gasteiger partial charge in [0.15, 0.2) is 0 Å². The lowest BCUT2D eigenvalue weighted by atomic mass is 10.1. The molecule has 1 aromatic carbocycles. The van der Waals surface area contributed by atoms with E-state index in [4.69, 9.17) is 5.11 Å². The van der Waals surface area contributed by atoms with Crippen LogP contribution in [0.1, 0.15) is 18.9 Å². The van der Waals surface area contributed by atoms with Gasteiger partial charge in [0, 0.05) is 13.6 Å². The molecule has 0 radical (unpaired) electrons. The van der Waals surface area contributed by atoms with Crippen molar-refractivity contribution in [3.8, 4) is 0 Å². The molecule has 0 fully saturated rings. The highest BCUT2D eigenvalue weighted by molar-refractivity contribution is 5.96. The summed E-state index contributed by atoms with van der Waals surface area (Å²) in [4.78, 5) is 24.1. The number of hydrogen-bond donors (Lipinski definition) is 1. The first-order valence-electron chi connectivity index (χ1n) is 5.68. The van der Waals surface area contributed by atoms with Crippen LogP contribution < -0.4 is 0 Å². The number of carboxylic acid groups (broad SMARTS) is 1. The zero-order chi connectivity index (χ0) is 13.7. The minimum absolute atomic E-state index is 0.252. The number of carbonyl (C=O) groups excluding carboxylic acids is 1. The second-order valence-electron chi connectivity index (χ2n) is 4.12. The molecule has 1 N–H and O–H groups in total. The Morgan fingerprint density at radius 1 is 1.33 bits per heavy atom. The van der Waals surface area contributed by atoms with Crippen molar-refractivity contribution in [2.24, 2.45) is 5.92 Å². The van der Waals surface area contributed by atoms with E-state index >= 15 is 0 Å². The first-order valence-corrected chi connectivity index (χ1v) is 5.68. The molecule has 0 bridgehead atoms. The quantitative estimate of drug-likeness (QED) is 0.815. The Bertz CT molecular complexity index is 430.